The Morgan fingerprint density at radius 3 is 2.50 bits per heavy atom. The van der Waals surface area contributed by atoms with Gasteiger partial charge in [0.25, 0.3) is 18.2 Å². The van der Waals surface area contributed by atoms with Crippen molar-refractivity contribution in [3.05, 3.63) is 83.1 Å². The molecule has 1 aliphatic rings. The van der Waals surface area contributed by atoms with E-state index in [9.17, 15) is 18.8 Å². The first kappa shape index (κ1) is 28.8. The van der Waals surface area contributed by atoms with Gasteiger partial charge in [-0.05, 0) is 43.7 Å². The van der Waals surface area contributed by atoms with Crippen molar-refractivity contribution in [1.29, 1.82) is 5.26 Å². The average Bonchev–Trinajstić information content (AvgIpc) is 3.45. The maximum absolute atomic E-state index is 15.3. The molecule has 0 radical (unpaired) electrons. The summed E-state index contributed by atoms with van der Waals surface area (Å²) in [6.07, 6.45) is -2.61. The molecule has 3 heterocycles. The molecule has 2 aromatic carbocycles. The molecular formula is C29H23F5N6O2. The van der Waals surface area contributed by atoms with Crippen molar-refractivity contribution in [2.75, 3.05) is 4.90 Å². The van der Waals surface area contributed by atoms with Gasteiger partial charge in [0, 0.05) is 29.3 Å². The molecule has 1 aliphatic heterocycles. The van der Waals surface area contributed by atoms with Gasteiger partial charge in [-0.25, -0.2) is 22.0 Å². The van der Waals surface area contributed by atoms with E-state index in [1.165, 1.54) is 26.0 Å². The smallest absolute Gasteiger partial charge is 0.277 e. The van der Waals surface area contributed by atoms with Crippen LogP contribution in [0.4, 0.5) is 27.6 Å². The van der Waals surface area contributed by atoms with Crippen molar-refractivity contribution >= 4 is 11.6 Å². The van der Waals surface area contributed by atoms with Gasteiger partial charge in [-0.3, -0.25) is 9.78 Å². The molecule has 0 unspecified atom stereocenters. The number of nitrogens with two attached hydrogens (primary N) is 1. The van der Waals surface area contributed by atoms with Crippen molar-refractivity contribution in [3.8, 4) is 28.8 Å². The van der Waals surface area contributed by atoms with Gasteiger partial charge in [0.05, 0.1) is 35.6 Å². The summed E-state index contributed by atoms with van der Waals surface area (Å²) in [4.78, 5) is 18.4. The summed E-state index contributed by atoms with van der Waals surface area (Å²) in [7, 11) is 0. The Morgan fingerprint density at radius 1 is 1.17 bits per heavy atom. The number of hydrogen-bond acceptors (Lipinski definition) is 7. The van der Waals surface area contributed by atoms with E-state index in [2.05, 4.69) is 15.2 Å². The highest BCUT2D eigenvalue weighted by molar-refractivity contribution is 5.99. The van der Waals surface area contributed by atoms with Crippen molar-refractivity contribution in [2.45, 2.75) is 50.6 Å². The highest BCUT2D eigenvalue weighted by Crippen LogP contribution is 2.45. The zero-order valence-corrected chi connectivity index (χ0v) is 22.3. The van der Waals surface area contributed by atoms with Crippen LogP contribution in [0.2, 0.25) is 0 Å². The van der Waals surface area contributed by atoms with E-state index in [1.807, 2.05) is 6.07 Å². The number of benzene rings is 2. The van der Waals surface area contributed by atoms with E-state index in [-0.39, 0.29) is 35.1 Å². The van der Waals surface area contributed by atoms with Crippen molar-refractivity contribution in [2.24, 2.45) is 5.73 Å². The SMILES string of the molecule is CC(C)(C#N)c1nnc(-c2cc3c(cc2F)C(F)(F)C[C@@H](N)C(=O)N3Cc2ccc(-c3ccc(C(F)F)cn3)cc2)o1. The fourth-order valence-corrected chi connectivity index (χ4v) is 4.50. The van der Waals surface area contributed by atoms with Crippen LogP contribution in [0.5, 0.6) is 0 Å². The fourth-order valence-electron chi connectivity index (χ4n) is 4.50. The van der Waals surface area contributed by atoms with Crippen LogP contribution in [0.25, 0.3) is 22.7 Å². The summed E-state index contributed by atoms with van der Waals surface area (Å²) in [6.45, 7) is 2.83. The van der Waals surface area contributed by atoms with Crippen LogP contribution in [0.1, 0.15) is 49.3 Å². The van der Waals surface area contributed by atoms with Crippen LogP contribution in [-0.4, -0.2) is 27.1 Å². The lowest BCUT2D eigenvalue weighted by Crippen LogP contribution is -2.43. The Kier molecular flexibility index (Phi) is 7.28. The lowest BCUT2D eigenvalue weighted by molar-refractivity contribution is -0.122. The molecule has 1 atom stereocenters. The van der Waals surface area contributed by atoms with E-state index in [1.54, 1.807) is 24.3 Å². The Bertz CT molecular complexity index is 1680. The molecule has 0 bridgehead atoms. The molecule has 0 aliphatic carbocycles. The maximum atomic E-state index is 15.3. The molecule has 0 saturated carbocycles. The third kappa shape index (κ3) is 5.33. The largest absolute Gasteiger partial charge is 0.419 e. The third-order valence-corrected chi connectivity index (χ3v) is 6.93. The normalized spacial score (nSPS) is 16.7. The Labute approximate surface area is 236 Å². The summed E-state index contributed by atoms with van der Waals surface area (Å²) in [5.41, 5.74) is 4.64. The number of nitriles is 1. The highest BCUT2D eigenvalue weighted by Gasteiger charge is 2.45. The number of halogens is 5. The van der Waals surface area contributed by atoms with E-state index >= 15 is 13.2 Å². The number of anilines is 1. The molecule has 1 amide bonds. The number of alkyl halides is 4. The summed E-state index contributed by atoms with van der Waals surface area (Å²) >= 11 is 0. The minimum absolute atomic E-state index is 0.104. The molecule has 0 fully saturated rings. The van der Waals surface area contributed by atoms with Gasteiger partial charge in [0.1, 0.15) is 11.2 Å². The van der Waals surface area contributed by atoms with Gasteiger partial charge in [0.2, 0.25) is 11.8 Å². The minimum Gasteiger partial charge on any atom is -0.419 e. The predicted molar refractivity (Wildman–Crippen MR) is 141 cm³/mol. The van der Waals surface area contributed by atoms with Crippen molar-refractivity contribution in [1.82, 2.24) is 15.2 Å². The van der Waals surface area contributed by atoms with Gasteiger partial charge in [-0.15, -0.1) is 10.2 Å². The lowest BCUT2D eigenvalue weighted by Gasteiger charge is -2.25. The molecule has 0 saturated heterocycles. The van der Waals surface area contributed by atoms with Gasteiger partial charge >= 0.3 is 0 Å². The van der Waals surface area contributed by atoms with Gasteiger partial charge in [-0.2, -0.15) is 5.26 Å². The molecule has 5 rings (SSSR count). The predicted octanol–water partition coefficient (Wildman–Crippen LogP) is 6.03. The average molecular weight is 583 g/mol. The van der Waals surface area contributed by atoms with Crippen LogP contribution < -0.4 is 10.6 Å². The first-order chi connectivity index (χ1) is 19.8. The number of carbonyl (C=O) groups excluding carboxylic acids is 1. The summed E-state index contributed by atoms with van der Waals surface area (Å²) < 4.78 is 77.0. The Hall–Kier alpha value is -4.70. The highest BCUT2D eigenvalue weighted by atomic mass is 19.3. The van der Waals surface area contributed by atoms with Crippen LogP contribution in [0, 0.1) is 17.1 Å². The summed E-state index contributed by atoms with van der Waals surface area (Å²) in [6, 6.07) is 11.3. The number of rotatable bonds is 6. The van der Waals surface area contributed by atoms with Crippen molar-refractivity contribution < 1.29 is 31.2 Å². The summed E-state index contributed by atoms with van der Waals surface area (Å²) in [5, 5.41) is 16.9. The maximum Gasteiger partial charge on any atom is 0.277 e. The van der Waals surface area contributed by atoms with Gasteiger partial charge in [-0.1, -0.05) is 24.3 Å². The molecule has 13 heteroatoms. The molecule has 216 valence electrons. The monoisotopic (exact) mass is 582 g/mol. The molecule has 2 aromatic heterocycles. The third-order valence-electron chi connectivity index (χ3n) is 6.93. The zero-order chi connectivity index (χ0) is 30.4. The number of carbonyl (C=O) groups is 1. The number of pyridine rings is 1. The number of aromatic nitrogens is 3. The van der Waals surface area contributed by atoms with Gasteiger partial charge in [0.15, 0.2) is 0 Å². The molecule has 4 aromatic rings. The minimum atomic E-state index is -3.64. The van der Waals surface area contributed by atoms with E-state index in [4.69, 9.17) is 10.2 Å². The lowest BCUT2D eigenvalue weighted by atomic mass is 9.96. The Morgan fingerprint density at radius 2 is 1.88 bits per heavy atom. The molecule has 8 nitrogen and oxygen atoms in total. The Balaban J connectivity index is 1.53. The van der Waals surface area contributed by atoms with E-state index < -0.39 is 47.5 Å². The first-order valence-electron chi connectivity index (χ1n) is 12.7. The topological polar surface area (TPSA) is 122 Å². The van der Waals surface area contributed by atoms with Gasteiger partial charge < -0.3 is 15.1 Å². The van der Waals surface area contributed by atoms with Crippen LogP contribution in [0.3, 0.4) is 0 Å². The summed E-state index contributed by atoms with van der Waals surface area (Å²) in [5.74, 6) is -5.99. The van der Waals surface area contributed by atoms with Crippen LogP contribution in [0.15, 0.2) is 59.1 Å². The number of amides is 1. The molecular weight excluding hydrogens is 559 g/mol. The molecule has 42 heavy (non-hydrogen) atoms. The van der Waals surface area contributed by atoms with Crippen molar-refractivity contribution in [3.63, 3.8) is 0 Å². The fraction of sp³-hybridized carbons (Fsp3) is 0.276. The van der Waals surface area contributed by atoms with E-state index in [0.29, 0.717) is 22.9 Å². The first-order valence-corrected chi connectivity index (χ1v) is 12.7. The number of nitrogens with zero attached hydrogens (tertiary/aromatic N) is 5. The standard InChI is InChI=1S/C29H23F5N6O2/c1-28(2,14-35)27-39-38-25(42-27)18-9-23-19(10-20(18)30)29(33,34)11-21(36)26(41)40(23)13-15-3-5-16(6-4-15)22-8-7-17(12-37-22)24(31)32/h3-10,12,21,24H,11,13,36H2,1-2H3/t21-/m1/s1. The second-order valence-electron chi connectivity index (χ2n) is 10.4. The molecule has 2 N–H and O–H groups in total. The van der Waals surface area contributed by atoms with Crippen LogP contribution in [-0.2, 0) is 22.7 Å². The van der Waals surface area contributed by atoms with E-state index in [0.717, 1.165) is 17.2 Å². The molecule has 0 spiro atoms. The number of fused-ring (bicyclic) bond motifs is 1. The van der Waals surface area contributed by atoms with Crippen LogP contribution >= 0.6 is 0 Å². The second kappa shape index (κ2) is 10.6. The second-order valence-corrected chi connectivity index (χ2v) is 10.4. The quantitative estimate of drug-likeness (QED) is 0.276. The number of hydrogen-bond donors (Lipinski definition) is 1. The zero-order valence-electron chi connectivity index (χ0n) is 22.3.